The number of hydrogen-bond donors (Lipinski definition) is 2. The van der Waals surface area contributed by atoms with Gasteiger partial charge in [-0.15, -0.1) is 0 Å². The third kappa shape index (κ3) is 5.43. The molecule has 1 atom stereocenters. The molecule has 2 N–H and O–H groups in total. The highest BCUT2D eigenvalue weighted by Gasteiger charge is 2.37. The summed E-state index contributed by atoms with van der Waals surface area (Å²) in [6.07, 6.45) is 9.72. The smallest absolute Gasteiger partial charge is 0.328 e. The minimum atomic E-state index is -1.01. The first-order valence-corrected chi connectivity index (χ1v) is 10.4. The fourth-order valence-corrected chi connectivity index (χ4v) is 4.73. The van der Waals surface area contributed by atoms with Crippen molar-refractivity contribution in [2.45, 2.75) is 76.3 Å². The molecule has 0 aromatic carbocycles. The second-order valence-electron chi connectivity index (χ2n) is 8.28. The van der Waals surface area contributed by atoms with Crippen LogP contribution < -0.4 is 5.32 Å². The summed E-state index contributed by atoms with van der Waals surface area (Å²) in [4.78, 5) is 37.9. The Bertz CT molecular complexity index is 538. The summed E-state index contributed by atoms with van der Waals surface area (Å²) in [5, 5.41) is 12.5. The maximum Gasteiger partial charge on any atom is 0.328 e. The normalized spacial score (nSPS) is 29.9. The zero-order valence-corrected chi connectivity index (χ0v) is 16.0. The predicted octanol–water partition coefficient (Wildman–Crippen LogP) is 1.94. The van der Waals surface area contributed by atoms with Crippen molar-refractivity contribution in [2.24, 2.45) is 11.8 Å². The number of rotatable bonds is 5. The summed E-state index contributed by atoms with van der Waals surface area (Å²) < 4.78 is 5.21. The molecule has 0 aromatic rings. The molecule has 1 saturated heterocycles. The van der Waals surface area contributed by atoms with Gasteiger partial charge in [-0.25, -0.2) is 4.79 Å². The molecule has 7 nitrogen and oxygen atoms in total. The highest BCUT2D eigenvalue weighted by atomic mass is 16.5. The summed E-state index contributed by atoms with van der Waals surface area (Å²) in [6, 6.07) is -0.732. The molecule has 1 aliphatic heterocycles. The number of carbonyl (C=O) groups excluding carboxylic acids is 2. The molecule has 7 heteroatoms. The van der Waals surface area contributed by atoms with Gasteiger partial charge >= 0.3 is 5.97 Å². The quantitative estimate of drug-likeness (QED) is 0.760. The molecular weight excluding hydrogens is 348 g/mol. The molecule has 27 heavy (non-hydrogen) atoms. The standard InChI is InChI=1S/C20H32N2O5/c23-18(12-14-4-2-1-3-5-14)21-16-8-6-15(7-9-16)19(24)22-10-11-27-13-17(22)20(25)26/h14-17H,1-13H2,(H,21,23)(H,25,26). The highest BCUT2D eigenvalue weighted by Crippen LogP contribution is 2.29. The number of amides is 2. The molecule has 3 aliphatic rings. The van der Waals surface area contributed by atoms with Gasteiger partial charge in [0.2, 0.25) is 11.8 Å². The molecule has 0 bridgehead atoms. The van der Waals surface area contributed by atoms with Crippen LogP contribution in [0.3, 0.4) is 0 Å². The van der Waals surface area contributed by atoms with Crippen LogP contribution in [0.25, 0.3) is 0 Å². The van der Waals surface area contributed by atoms with Gasteiger partial charge in [0, 0.05) is 24.9 Å². The van der Waals surface area contributed by atoms with Gasteiger partial charge in [-0.3, -0.25) is 9.59 Å². The fraction of sp³-hybridized carbons (Fsp3) is 0.850. The van der Waals surface area contributed by atoms with Gasteiger partial charge in [-0.1, -0.05) is 19.3 Å². The zero-order valence-electron chi connectivity index (χ0n) is 16.0. The average molecular weight is 380 g/mol. The molecule has 3 rings (SSSR count). The Hall–Kier alpha value is -1.63. The second-order valence-corrected chi connectivity index (χ2v) is 8.28. The van der Waals surface area contributed by atoms with Crippen LogP contribution in [0.2, 0.25) is 0 Å². The second kappa shape index (κ2) is 9.53. The lowest BCUT2D eigenvalue weighted by Crippen LogP contribution is -2.54. The number of carbonyl (C=O) groups is 3. The fourth-order valence-electron chi connectivity index (χ4n) is 4.73. The summed E-state index contributed by atoms with van der Waals surface area (Å²) >= 11 is 0. The van der Waals surface area contributed by atoms with Crippen molar-refractivity contribution in [2.75, 3.05) is 19.8 Å². The molecule has 2 aliphatic carbocycles. The van der Waals surface area contributed by atoms with E-state index in [2.05, 4.69) is 5.32 Å². The van der Waals surface area contributed by atoms with E-state index in [9.17, 15) is 19.5 Å². The molecule has 0 spiro atoms. The van der Waals surface area contributed by atoms with Crippen molar-refractivity contribution in [1.29, 1.82) is 0 Å². The van der Waals surface area contributed by atoms with Crippen molar-refractivity contribution in [3.8, 4) is 0 Å². The Labute approximate surface area is 160 Å². The first-order valence-electron chi connectivity index (χ1n) is 10.4. The summed E-state index contributed by atoms with van der Waals surface area (Å²) in [5.74, 6) is -0.539. The van der Waals surface area contributed by atoms with E-state index in [0.29, 0.717) is 38.3 Å². The van der Waals surface area contributed by atoms with E-state index in [-0.39, 0.29) is 30.4 Å². The Balaban J connectivity index is 1.43. The number of nitrogens with one attached hydrogen (secondary N) is 1. The van der Waals surface area contributed by atoms with E-state index in [1.807, 2.05) is 0 Å². The molecule has 2 saturated carbocycles. The van der Waals surface area contributed by atoms with Crippen LogP contribution in [0.15, 0.2) is 0 Å². The molecule has 3 fully saturated rings. The van der Waals surface area contributed by atoms with Crippen molar-refractivity contribution >= 4 is 17.8 Å². The summed E-state index contributed by atoms with van der Waals surface area (Å²) in [5.41, 5.74) is 0. The van der Waals surface area contributed by atoms with E-state index in [1.54, 1.807) is 0 Å². The van der Waals surface area contributed by atoms with Gasteiger partial charge in [0.1, 0.15) is 0 Å². The summed E-state index contributed by atoms with van der Waals surface area (Å²) in [7, 11) is 0. The summed E-state index contributed by atoms with van der Waals surface area (Å²) in [6.45, 7) is 0.795. The number of nitrogens with zero attached hydrogens (tertiary/aromatic N) is 1. The number of morpholine rings is 1. The van der Waals surface area contributed by atoms with Crippen molar-refractivity contribution < 1.29 is 24.2 Å². The number of carboxylic acids is 1. The molecule has 2 amide bonds. The molecule has 0 radical (unpaired) electrons. The van der Waals surface area contributed by atoms with E-state index in [0.717, 1.165) is 12.8 Å². The first-order chi connectivity index (χ1) is 13.0. The van der Waals surface area contributed by atoms with E-state index in [1.165, 1.54) is 37.0 Å². The van der Waals surface area contributed by atoms with Gasteiger partial charge in [-0.05, 0) is 44.4 Å². The van der Waals surface area contributed by atoms with Crippen LogP contribution in [-0.4, -0.2) is 59.6 Å². The predicted molar refractivity (Wildman–Crippen MR) is 99.0 cm³/mol. The third-order valence-corrected chi connectivity index (χ3v) is 6.34. The minimum absolute atomic E-state index is 0.0631. The van der Waals surface area contributed by atoms with E-state index >= 15 is 0 Å². The minimum Gasteiger partial charge on any atom is -0.480 e. The lowest BCUT2D eigenvalue weighted by molar-refractivity contribution is -0.160. The van der Waals surface area contributed by atoms with Crippen LogP contribution in [0.4, 0.5) is 0 Å². The van der Waals surface area contributed by atoms with Crippen LogP contribution >= 0.6 is 0 Å². The van der Waals surface area contributed by atoms with Gasteiger partial charge in [0.05, 0.1) is 13.2 Å². The molecule has 0 aromatic heterocycles. The first kappa shape index (κ1) is 20.1. The Kier molecular flexibility index (Phi) is 7.10. The number of ether oxygens (including phenoxy) is 1. The lowest BCUT2D eigenvalue weighted by atomic mass is 9.84. The van der Waals surface area contributed by atoms with Gasteiger partial charge in [0.25, 0.3) is 0 Å². The largest absolute Gasteiger partial charge is 0.480 e. The van der Waals surface area contributed by atoms with Crippen LogP contribution in [0.5, 0.6) is 0 Å². The van der Waals surface area contributed by atoms with Crippen LogP contribution in [0.1, 0.15) is 64.2 Å². The topological polar surface area (TPSA) is 95.9 Å². The van der Waals surface area contributed by atoms with Crippen LogP contribution in [-0.2, 0) is 19.1 Å². The maximum absolute atomic E-state index is 12.8. The Morgan fingerprint density at radius 3 is 2.37 bits per heavy atom. The molecular formula is C20H32N2O5. The number of hydrogen-bond acceptors (Lipinski definition) is 4. The van der Waals surface area contributed by atoms with Crippen molar-refractivity contribution in [1.82, 2.24) is 10.2 Å². The monoisotopic (exact) mass is 380 g/mol. The van der Waals surface area contributed by atoms with Crippen molar-refractivity contribution in [3.05, 3.63) is 0 Å². The number of carboxylic acid groups (broad SMARTS) is 1. The van der Waals surface area contributed by atoms with Gasteiger partial charge < -0.3 is 20.1 Å². The number of aliphatic carboxylic acids is 1. The Morgan fingerprint density at radius 2 is 1.70 bits per heavy atom. The SMILES string of the molecule is O=C(CC1CCCCC1)NC1CCC(C(=O)N2CCOCC2C(=O)O)CC1. The Morgan fingerprint density at radius 1 is 1.00 bits per heavy atom. The van der Waals surface area contributed by atoms with Gasteiger partial charge in [-0.2, -0.15) is 0 Å². The average Bonchev–Trinajstić information content (AvgIpc) is 2.68. The molecule has 1 heterocycles. The van der Waals surface area contributed by atoms with Crippen molar-refractivity contribution in [3.63, 3.8) is 0 Å². The lowest BCUT2D eigenvalue weighted by Gasteiger charge is -2.37. The highest BCUT2D eigenvalue weighted by molar-refractivity contribution is 5.85. The van der Waals surface area contributed by atoms with Gasteiger partial charge in [0.15, 0.2) is 6.04 Å². The molecule has 152 valence electrons. The van der Waals surface area contributed by atoms with E-state index < -0.39 is 12.0 Å². The zero-order chi connectivity index (χ0) is 19.2. The molecule has 1 unspecified atom stereocenters. The van der Waals surface area contributed by atoms with E-state index in [4.69, 9.17) is 4.74 Å². The maximum atomic E-state index is 12.8. The van der Waals surface area contributed by atoms with Crippen LogP contribution in [0, 0.1) is 11.8 Å². The third-order valence-electron chi connectivity index (χ3n) is 6.34.